The number of carbonyl (C=O) groups is 2. The molecule has 0 bridgehead atoms. The Balaban J connectivity index is 1.51. The van der Waals surface area contributed by atoms with Crippen LogP contribution >= 0.6 is 0 Å². The van der Waals surface area contributed by atoms with Gasteiger partial charge in [-0.05, 0) is 38.1 Å². The van der Waals surface area contributed by atoms with Crippen LogP contribution in [0.3, 0.4) is 0 Å². The van der Waals surface area contributed by atoms with E-state index in [1.807, 2.05) is 4.90 Å². The molecule has 2 saturated heterocycles. The van der Waals surface area contributed by atoms with Gasteiger partial charge in [-0.15, -0.1) is 0 Å². The molecule has 5 nitrogen and oxygen atoms in total. The van der Waals surface area contributed by atoms with Gasteiger partial charge in [0, 0.05) is 50.8 Å². The second-order valence-corrected chi connectivity index (χ2v) is 7.21. The van der Waals surface area contributed by atoms with E-state index in [1.54, 1.807) is 23.1 Å². The Labute approximate surface area is 160 Å². The maximum atomic E-state index is 13.7. The number of piperidine rings is 1. The zero-order valence-corrected chi connectivity index (χ0v) is 15.8. The minimum atomic E-state index is -0.350. The predicted molar refractivity (Wildman–Crippen MR) is 104 cm³/mol. The van der Waals surface area contributed by atoms with E-state index in [0.717, 1.165) is 26.2 Å². The van der Waals surface area contributed by atoms with Crippen molar-refractivity contribution in [2.24, 2.45) is 0 Å². The first-order valence-electron chi connectivity index (χ1n) is 9.85. The van der Waals surface area contributed by atoms with Gasteiger partial charge in [0.2, 0.25) is 11.8 Å². The van der Waals surface area contributed by atoms with E-state index in [9.17, 15) is 14.0 Å². The lowest BCUT2D eigenvalue weighted by Crippen LogP contribution is -2.41. The van der Waals surface area contributed by atoms with Crippen LogP contribution in [-0.4, -0.2) is 72.3 Å². The SMILES string of the molecule is O=C(C=Cc1ccccc1F)N1CCC(=O)N(CCN2CCCCC2)CC1. The van der Waals surface area contributed by atoms with Gasteiger partial charge in [0.25, 0.3) is 0 Å². The fourth-order valence-corrected chi connectivity index (χ4v) is 3.65. The molecule has 0 aromatic heterocycles. The molecule has 0 spiro atoms. The molecule has 0 saturated carbocycles. The van der Waals surface area contributed by atoms with Crippen molar-refractivity contribution in [3.8, 4) is 0 Å². The predicted octanol–water partition coefficient (Wildman–Crippen LogP) is 2.39. The van der Waals surface area contributed by atoms with Crippen LogP contribution in [0.25, 0.3) is 6.08 Å². The van der Waals surface area contributed by atoms with E-state index in [2.05, 4.69) is 4.90 Å². The molecule has 1 aromatic rings. The Bertz CT molecular complexity index is 686. The van der Waals surface area contributed by atoms with Crippen molar-refractivity contribution < 1.29 is 14.0 Å². The van der Waals surface area contributed by atoms with E-state index < -0.39 is 0 Å². The lowest BCUT2D eigenvalue weighted by atomic mass is 10.1. The van der Waals surface area contributed by atoms with Gasteiger partial charge in [-0.3, -0.25) is 9.59 Å². The molecule has 2 aliphatic heterocycles. The topological polar surface area (TPSA) is 43.9 Å². The van der Waals surface area contributed by atoms with Crippen molar-refractivity contribution in [3.63, 3.8) is 0 Å². The van der Waals surface area contributed by atoms with Crippen molar-refractivity contribution in [3.05, 3.63) is 41.7 Å². The molecule has 2 aliphatic rings. The third-order valence-electron chi connectivity index (χ3n) is 5.35. The zero-order valence-electron chi connectivity index (χ0n) is 15.8. The van der Waals surface area contributed by atoms with E-state index in [-0.39, 0.29) is 17.6 Å². The third kappa shape index (κ3) is 5.63. The average Bonchev–Trinajstić information content (AvgIpc) is 2.88. The molecule has 0 atom stereocenters. The molecule has 0 aliphatic carbocycles. The minimum Gasteiger partial charge on any atom is -0.340 e. The number of carbonyl (C=O) groups excluding carboxylic acids is 2. The van der Waals surface area contributed by atoms with Gasteiger partial charge >= 0.3 is 0 Å². The molecular formula is C21H28FN3O2. The molecular weight excluding hydrogens is 345 g/mol. The Hall–Kier alpha value is -2.21. The number of hydrogen-bond donors (Lipinski definition) is 0. The summed E-state index contributed by atoms with van der Waals surface area (Å²) in [6, 6.07) is 6.35. The number of hydrogen-bond acceptors (Lipinski definition) is 3. The van der Waals surface area contributed by atoms with Crippen LogP contribution < -0.4 is 0 Å². The van der Waals surface area contributed by atoms with Gasteiger partial charge in [-0.2, -0.15) is 0 Å². The van der Waals surface area contributed by atoms with Crippen molar-refractivity contribution in [1.82, 2.24) is 14.7 Å². The quantitative estimate of drug-likeness (QED) is 0.745. The second-order valence-electron chi connectivity index (χ2n) is 7.21. The Kier molecular flexibility index (Phi) is 6.98. The van der Waals surface area contributed by atoms with Gasteiger partial charge in [0.1, 0.15) is 5.82 Å². The summed E-state index contributed by atoms with van der Waals surface area (Å²) in [6.07, 6.45) is 7.02. The number of halogens is 1. The smallest absolute Gasteiger partial charge is 0.246 e. The molecule has 0 radical (unpaired) electrons. The van der Waals surface area contributed by atoms with E-state index in [4.69, 9.17) is 0 Å². The summed E-state index contributed by atoms with van der Waals surface area (Å²) in [7, 11) is 0. The molecule has 1 aromatic carbocycles. The van der Waals surface area contributed by atoms with Crippen LogP contribution in [0, 0.1) is 5.82 Å². The zero-order chi connectivity index (χ0) is 19.1. The van der Waals surface area contributed by atoms with Crippen molar-refractivity contribution >= 4 is 17.9 Å². The van der Waals surface area contributed by atoms with Crippen LogP contribution in [0.4, 0.5) is 4.39 Å². The third-order valence-corrected chi connectivity index (χ3v) is 5.35. The normalized spacial score (nSPS) is 19.5. The average molecular weight is 373 g/mol. The molecule has 6 heteroatoms. The summed E-state index contributed by atoms with van der Waals surface area (Å²) >= 11 is 0. The molecule has 146 valence electrons. The fourth-order valence-electron chi connectivity index (χ4n) is 3.65. The first-order chi connectivity index (χ1) is 13.1. The standard InChI is InChI=1S/C21H28FN3O2/c22-19-7-3-2-6-18(19)8-9-20(26)24-13-10-21(27)25(17-16-24)15-14-23-11-4-1-5-12-23/h2-3,6-9H,1,4-5,10-17H2. The highest BCUT2D eigenvalue weighted by molar-refractivity contribution is 5.92. The van der Waals surface area contributed by atoms with Gasteiger partial charge in [0.15, 0.2) is 0 Å². The molecule has 2 fully saturated rings. The maximum Gasteiger partial charge on any atom is 0.246 e. The summed E-state index contributed by atoms with van der Waals surface area (Å²) in [4.78, 5) is 30.8. The highest BCUT2D eigenvalue weighted by Crippen LogP contribution is 2.12. The van der Waals surface area contributed by atoms with E-state index in [0.29, 0.717) is 31.6 Å². The molecule has 3 rings (SSSR count). The van der Waals surface area contributed by atoms with Gasteiger partial charge in [-0.25, -0.2) is 4.39 Å². The number of rotatable bonds is 5. The molecule has 27 heavy (non-hydrogen) atoms. The lowest BCUT2D eigenvalue weighted by Gasteiger charge is -2.29. The number of nitrogens with zero attached hydrogens (tertiary/aromatic N) is 3. The van der Waals surface area contributed by atoms with Gasteiger partial charge < -0.3 is 14.7 Å². The van der Waals surface area contributed by atoms with E-state index >= 15 is 0 Å². The van der Waals surface area contributed by atoms with Crippen LogP contribution in [0.15, 0.2) is 30.3 Å². The maximum absolute atomic E-state index is 13.7. The van der Waals surface area contributed by atoms with Crippen molar-refractivity contribution in [1.29, 1.82) is 0 Å². The van der Waals surface area contributed by atoms with Crippen LogP contribution in [0.5, 0.6) is 0 Å². The molecule has 0 unspecified atom stereocenters. The van der Waals surface area contributed by atoms with Gasteiger partial charge in [-0.1, -0.05) is 24.6 Å². The van der Waals surface area contributed by atoms with Crippen molar-refractivity contribution in [2.75, 3.05) is 45.8 Å². The first-order valence-corrected chi connectivity index (χ1v) is 9.85. The Morgan fingerprint density at radius 3 is 2.56 bits per heavy atom. The summed E-state index contributed by atoms with van der Waals surface area (Å²) in [5.74, 6) is -0.416. The number of benzene rings is 1. The summed E-state index contributed by atoms with van der Waals surface area (Å²) in [5.41, 5.74) is 0.389. The molecule has 0 N–H and O–H groups in total. The number of amides is 2. The molecule has 2 amide bonds. The largest absolute Gasteiger partial charge is 0.340 e. The van der Waals surface area contributed by atoms with E-state index in [1.165, 1.54) is 37.5 Å². The summed E-state index contributed by atoms with van der Waals surface area (Å²) in [5, 5.41) is 0. The van der Waals surface area contributed by atoms with Crippen molar-refractivity contribution in [2.45, 2.75) is 25.7 Å². The van der Waals surface area contributed by atoms with Crippen LogP contribution in [-0.2, 0) is 9.59 Å². The monoisotopic (exact) mass is 373 g/mol. The summed E-state index contributed by atoms with van der Waals surface area (Å²) < 4.78 is 13.7. The number of likely N-dealkylation sites (tertiary alicyclic amines) is 1. The van der Waals surface area contributed by atoms with Gasteiger partial charge in [0.05, 0.1) is 0 Å². The Morgan fingerprint density at radius 2 is 1.78 bits per heavy atom. The molecule has 2 heterocycles. The van der Waals surface area contributed by atoms with Crippen LogP contribution in [0.1, 0.15) is 31.2 Å². The lowest BCUT2D eigenvalue weighted by molar-refractivity contribution is -0.130. The van der Waals surface area contributed by atoms with Crippen LogP contribution in [0.2, 0.25) is 0 Å². The summed E-state index contributed by atoms with van der Waals surface area (Å²) in [6.45, 7) is 5.37. The minimum absolute atomic E-state index is 0.111. The highest BCUT2D eigenvalue weighted by atomic mass is 19.1. The highest BCUT2D eigenvalue weighted by Gasteiger charge is 2.23. The fraction of sp³-hybridized carbons (Fsp3) is 0.524. The first kappa shape index (κ1) is 19.5. The Morgan fingerprint density at radius 1 is 1.00 bits per heavy atom. The second kappa shape index (κ2) is 9.65.